The molecule has 0 atom stereocenters. The van der Waals surface area contributed by atoms with Crippen LogP contribution in [0.4, 0.5) is 24.7 Å². The molecule has 172 valence electrons. The standard InChI is InChI=1S/C10H5Cl2F3N4O2.C3H8NO5P/c11-5-1-4(10(13,14)15)2-6(12)8(5)18-9(16)7(3-17-18)19(20)21;5-3(6)1-4-2-10(7,8)9/h1-3H,16H2;4H,1-2H2,(H,5,6)(H2,7,8,9). The van der Waals surface area contributed by atoms with E-state index in [-0.39, 0.29) is 15.7 Å². The van der Waals surface area contributed by atoms with Crippen LogP contribution in [0.3, 0.4) is 0 Å². The van der Waals surface area contributed by atoms with Crippen LogP contribution >= 0.6 is 30.8 Å². The molecule has 0 radical (unpaired) electrons. The first kappa shape index (κ1) is 26.6. The molecule has 6 N–H and O–H groups in total. The number of alkyl halides is 3. The Morgan fingerprint density at radius 3 is 2.19 bits per heavy atom. The lowest BCUT2D eigenvalue weighted by atomic mass is 10.2. The average molecular weight is 510 g/mol. The molecule has 0 aliphatic heterocycles. The van der Waals surface area contributed by atoms with Crippen LogP contribution in [0.5, 0.6) is 0 Å². The van der Waals surface area contributed by atoms with Gasteiger partial charge in [-0.3, -0.25) is 24.8 Å². The number of hydrogen-bond acceptors (Lipinski definition) is 7. The van der Waals surface area contributed by atoms with E-state index in [0.29, 0.717) is 12.1 Å². The van der Waals surface area contributed by atoms with Crippen molar-refractivity contribution in [2.75, 3.05) is 18.6 Å². The van der Waals surface area contributed by atoms with Crippen LogP contribution < -0.4 is 11.1 Å². The summed E-state index contributed by atoms with van der Waals surface area (Å²) in [6.07, 6.45) is -4.38. The number of nitrogens with one attached hydrogen (secondary N) is 1. The second kappa shape index (κ2) is 10.3. The van der Waals surface area contributed by atoms with Gasteiger partial charge in [0.05, 0.1) is 33.4 Å². The van der Waals surface area contributed by atoms with Gasteiger partial charge in [0.25, 0.3) is 0 Å². The van der Waals surface area contributed by atoms with Gasteiger partial charge in [-0.2, -0.15) is 18.3 Å². The third kappa shape index (κ3) is 7.97. The number of carboxylic acid groups (broad SMARTS) is 1. The highest BCUT2D eigenvalue weighted by atomic mass is 35.5. The maximum Gasteiger partial charge on any atom is 0.416 e. The fourth-order valence-corrected chi connectivity index (χ4v) is 2.96. The lowest BCUT2D eigenvalue weighted by molar-refractivity contribution is -0.383. The zero-order valence-electron chi connectivity index (χ0n) is 14.9. The molecule has 0 amide bonds. The predicted octanol–water partition coefficient (Wildman–Crippen LogP) is 2.48. The van der Waals surface area contributed by atoms with Crippen molar-refractivity contribution in [2.24, 2.45) is 0 Å². The minimum absolute atomic E-state index is 0.170. The van der Waals surface area contributed by atoms with Crippen LogP contribution in [-0.4, -0.2) is 48.4 Å². The summed E-state index contributed by atoms with van der Waals surface area (Å²) in [5.74, 6) is -1.54. The van der Waals surface area contributed by atoms with E-state index in [4.69, 9.17) is 43.8 Å². The van der Waals surface area contributed by atoms with Crippen molar-refractivity contribution < 1.29 is 42.3 Å². The maximum atomic E-state index is 12.6. The Morgan fingerprint density at radius 2 is 1.84 bits per heavy atom. The number of nitrogen functional groups attached to an aromatic ring is 1. The Kier molecular flexibility index (Phi) is 8.81. The second-order valence-corrected chi connectivity index (χ2v) is 7.97. The SMILES string of the molecule is Nc1c([N+](=O)[O-])cnn1-c1c(Cl)cc(C(F)(F)F)cc1Cl.O=C(O)CNCP(=O)(O)O. The zero-order valence-corrected chi connectivity index (χ0v) is 17.3. The highest BCUT2D eigenvalue weighted by Gasteiger charge is 2.33. The number of aliphatic carboxylic acids is 1. The Hall–Kier alpha value is -2.42. The lowest BCUT2D eigenvalue weighted by Gasteiger charge is -2.12. The Morgan fingerprint density at radius 1 is 1.32 bits per heavy atom. The number of carbonyl (C=O) groups is 1. The first-order valence-corrected chi connectivity index (χ1v) is 10.1. The number of nitro groups is 1. The summed E-state index contributed by atoms with van der Waals surface area (Å²) >= 11 is 11.5. The van der Waals surface area contributed by atoms with Crippen molar-refractivity contribution >= 4 is 48.3 Å². The zero-order chi connectivity index (χ0) is 24.1. The van der Waals surface area contributed by atoms with E-state index < -0.39 is 54.6 Å². The van der Waals surface area contributed by atoms with Gasteiger partial charge in [0.2, 0.25) is 5.82 Å². The summed E-state index contributed by atoms with van der Waals surface area (Å²) in [4.78, 5) is 36.0. The molecule has 1 aromatic heterocycles. The number of hydrogen-bond donors (Lipinski definition) is 5. The summed E-state index contributed by atoms with van der Waals surface area (Å²) in [6, 6.07) is 1.27. The van der Waals surface area contributed by atoms with Gasteiger partial charge < -0.3 is 20.6 Å². The smallest absolute Gasteiger partial charge is 0.416 e. The lowest BCUT2D eigenvalue weighted by Crippen LogP contribution is -2.23. The van der Waals surface area contributed by atoms with Gasteiger partial charge in [0.15, 0.2) is 0 Å². The van der Waals surface area contributed by atoms with Crippen LogP contribution in [0.2, 0.25) is 10.0 Å². The van der Waals surface area contributed by atoms with Gasteiger partial charge >= 0.3 is 25.4 Å². The van der Waals surface area contributed by atoms with Gasteiger partial charge in [0, 0.05) is 0 Å². The molecule has 31 heavy (non-hydrogen) atoms. The summed E-state index contributed by atoms with van der Waals surface area (Å²) in [7, 11) is -4.10. The van der Waals surface area contributed by atoms with Crippen molar-refractivity contribution in [3.05, 3.63) is 44.1 Å². The Labute approximate surface area is 180 Å². The summed E-state index contributed by atoms with van der Waals surface area (Å²) < 4.78 is 48.7. The van der Waals surface area contributed by atoms with E-state index in [0.717, 1.165) is 10.9 Å². The molecular formula is C13H13Cl2F3N5O7P. The topological polar surface area (TPSA) is 194 Å². The van der Waals surface area contributed by atoms with Gasteiger partial charge in [-0.1, -0.05) is 23.2 Å². The number of aromatic nitrogens is 2. The van der Waals surface area contributed by atoms with E-state index in [1.54, 1.807) is 0 Å². The molecule has 0 spiro atoms. The first-order chi connectivity index (χ1) is 14.0. The monoisotopic (exact) mass is 509 g/mol. The van der Waals surface area contributed by atoms with Crippen LogP contribution in [0.25, 0.3) is 5.69 Å². The third-order valence-electron chi connectivity index (χ3n) is 3.13. The number of carboxylic acids is 1. The van der Waals surface area contributed by atoms with Gasteiger partial charge in [-0.15, -0.1) is 0 Å². The molecule has 0 unspecified atom stereocenters. The predicted molar refractivity (Wildman–Crippen MR) is 102 cm³/mol. The van der Waals surface area contributed by atoms with Crippen molar-refractivity contribution in [3.63, 3.8) is 0 Å². The van der Waals surface area contributed by atoms with Crippen molar-refractivity contribution in [1.82, 2.24) is 15.1 Å². The minimum atomic E-state index is -4.63. The molecule has 2 aromatic rings. The van der Waals surface area contributed by atoms with E-state index in [1.807, 2.05) is 0 Å². The number of anilines is 1. The van der Waals surface area contributed by atoms with Crippen LogP contribution in [0, 0.1) is 10.1 Å². The average Bonchev–Trinajstić information content (AvgIpc) is 2.94. The highest BCUT2D eigenvalue weighted by molar-refractivity contribution is 7.51. The van der Waals surface area contributed by atoms with Crippen molar-refractivity contribution in [3.8, 4) is 5.69 Å². The molecule has 2 rings (SSSR count). The normalized spacial score (nSPS) is 11.6. The van der Waals surface area contributed by atoms with Crippen LogP contribution in [0.15, 0.2) is 18.3 Å². The molecule has 0 bridgehead atoms. The highest BCUT2D eigenvalue weighted by Crippen LogP contribution is 2.39. The van der Waals surface area contributed by atoms with E-state index >= 15 is 0 Å². The number of nitrogens with zero attached hydrogens (tertiary/aromatic N) is 3. The van der Waals surface area contributed by atoms with E-state index in [1.165, 1.54) is 0 Å². The molecule has 0 fully saturated rings. The van der Waals surface area contributed by atoms with Gasteiger partial charge in [0.1, 0.15) is 11.9 Å². The van der Waals surface area contributed by atoms with E-state index in [2.05, 4.69) is 10.4 Å². The molecule has 0 saturated carbocycles. The maximum absolute atomic E-state index is 12.6. The van der Waals surface area contributed by atoms with Crippen molar-refractivity contribution in [2.45, 2.75) is 6.18 Å². The molecule has 0 saturated heterocycles. The fraction of sp³-hybridized carbons (Fsp3) is 0.231. The number of halogens is 5. The third-order valence-corrected chi connectivity index (χ3v) is 4.34. The fourth-order valence-electron chi connectivity index (χ4n) is 1.91. The Balaban J connectivity index is 0.000000407. The summed E-state index contributed by atoms with van der Waals surface area (Å²) in [6.45, 7) is -0.439. The number of nitrogens with two attached hydrogens (primary N) is 1. The first-order valence-electron chi connectivity index (χ1n) is 7.56. The van der Waals surface area contributed by atoms with Gasteiger partial charge in [-0.25, -0.2) is 4.68 Å². The molecule has 1 aromatic carbocycles. The Bertz CT molecular complexity index is 1000. The summed E-state index contributed by atoms with van der Waals surface area (Å²) in [5.41, 5.74) is 3.78. The molecule has 12 nitrogen and oxygen atoms in total. The number of rotatable bonds is 6. The molecule has 18 heteroatoms. The van der Waals surface area contributed by atoms with Gasteiger partial charge in [-0.05, 0) is 12.1 Å². The molecular weight excluding hydrogens is 497 g/mol. The quantitative estimate of drug-likeness (QED) is 0.219. The largest absolute Gasteiger partial charge is 0.480 e. The molecule has 1 heterocycles. The van der Waals surface area contributed by atoms with Crippen LogP contribution in [0.1, 0.15) is 5.56 Å². The van der Waals surface area contributed by atoms with Crippen LogP contribution in [-0.2, 0) is 15.5 Å². The van der Waals surface area contributed by atoms with E-state index in [9.17, 15) is 32.6 Å². The number of benzene rings is 1. The molecule has 0 aliphatic carbocycles. The van der Waals surface area contributed by atoms with Crippen molar-refractivity contribution in [1.29, 1.82) is 0 Å². The second-order valence-electron chi connectivity index (χ2n) is 5.51. The molecule has 0 aliphatic rings. The minimum Gasteiger partial charge on any atom is -0.480 e. The summed E-state index contributed by atoms with van der Waals surface area (Å²) in [5, 5.41) is 23.6.